The Kier molecular flexibility index (Phi) is 3.79. The van der Waals surface area contributed by atoms with E-state index in [1.54, 1.807) is 6.07 Å². The summed E-state index contributed by atoms with van der Waals surface area (Å²) < 4.78 is 5.68. The van der Waals surface area contributed by atoms with Crippen molar-refractivity contribution in [1.29, 1.82) is 0 Å². The summed E-state index contributed by atoms with van der Waals surface area (Å²) >= 11 is 11.8. The molecule has 0 radical (unpaired) electrons. The van der Waals surface area contributed by atoms with Crippen LogP contribution < -0.4 is 4.74 Å². The lowest BCUT2D eigenvalue weighted by Crippen LogP contribution is -2.14. The monoisotopic (exact) mass is 274 g/mol. The van der Waals surface area contributed by atoms with Crippen molar-refractivity contribution in [3.8, 4) is 5.75 Å². The summed E-state index contributed by atoms with van der Waals surface area (Å²) in [5.41, 5.74) is -0.0499. The Morgan fingerprint density at radius 3 is 2.41 bits per heavy atom. The predicted molar refractivity (Wildman–Crippen MR) is 66.3 cm³/mol. The lowest BCUT2D eigenvalue weighted by molar-refractivity contribution is 0.0689. The molecule has 1 fully saturated rings. The third kappa shape index (κ3) is 2.67. The fourth-order valence-electron chi connectivity index (χ4n) is 2.02. The number of hydrogen-bond acceptors (Lipinski definition) is 2. The van der Waals surface area contributed by atoms with Gasteiger partial charge in [-0.15, -0.1) is 0 Å². The number of halogens is 2. The number of hydrogen-bond donors (Lipinski definition) is 1. The molecule has 1 aliphatic rings. The van der Waals surface area contributed by atoms with E-state index >= 15 is 0 Å². The van der Waals surface area contributed by atoms with Crippen LogP contribution in [0.15, 0.2) is 12.1 Å². The first-order valence-electron chi connectivity index (χ1n) is 5.47. The first kappa shape index (κ1) is 12.5. The topological polar surface area (TPSA) is 46.5 Å². The van der Waals surface area contributed by atoms with Crippen LogP contribution in [0.4, 0.5) is 0 Å². The molecule has 0 saturated heterocycles. The Hall–Kier alpha value is -0.930. The predicted octanol–water partition coefficient (Wildman–Crippen LogP) is 4.01. The Morgan fingerprint density at radius 1 is 1.24 bits per heavy atom. The summed E-state index contributed by atoms with van der Waals surface area (Å²) in [6.07, 6.45) is 4.12. The maximum atomic E-state index is 11.1. The maximum Gasteiger partial charge on any atom is 0.341 e. The van der Waals surface area contributed by atoms with Crippen molar-refractivity contribution in [2.75, 3.05) is 0 Å². The third-order valence-corrected chi connectivity index (χ3v) is 3.47. The highest BCUT2D eigenvalue weighted by Crippen LogP contribution is 2.36. The molecule has 1 N–H and O–H groups in total. The fraction of sp³-hybridized carbons (Fsp3) is 0.417. The molecule has 0 amide bonds. The number of ether oxygens (including phenoxy) is 1. The molecule has 1 aromatic rings. The van der Waals surface area contributed by atoms with E-state index in [0.717, 1.165) is 25.7 Å². The summed E-state index contributed by atoms with van der Waals surface area (Å²) in [4.78, 5) is 11.1. The van der Waals surface area contributed by atoms with Crippen LogP contribution in [-0.4, -0.2) is 17.2 Å². The summed E-state index contributed by atoms with van der Waals surface area (Å²) in [6, 6.07) is 3.02. The largest absolute Gasteiger partial charge is 0.488 e. The van der Waals surface area contributed by atoms with E-state index in [2.05, 4.69) is 0 Å². The molecule has 0 aliphatic heterocycles. The summed E-state index contributed by atoms with van der Waals surface area (Å²) in [5, 5.41) is 9.56. The number of carbonyl (C=O) groups is 1. The highest BCUT2D eigenvalue weighted by Gasteiger charge is 2.24. The number of carboxylic acid groups (broad SMARTS) is 1. The second-order valence-electron chi connectivity index (χ2n) is 4.06. The van der Waals surface area contributed by atoms with Gasteiger partial charge in [-0.2, -0.15) is 0 Å². The van der Waals surface area contributed by atoms with E-state index in [4.69, 9.17) is 33.0 Å². The SMILES string of the molecule is O=C(O)c1c(Cl)ccc(Cl)c1OC1CCCC1. The molecule has 1 saturated carbocycles. The summed E-state index contributed by atoms with van der Waals surface area (Å²) in [6.45, 7) is 0. The Morgan fingerprint density at radius 2 is 1.82 bits per heavy atom. The van der Waals surface area contributed by atoms with E-state index < -0.39 is 5.97 Å². The van der Waals surface area contributed by atoms with Crippen molar-refractivity contribution < 1.29 is 14.6 Å². The summed E-state index contributed by atoms with van der Waals surface area (Å²) in [7, 11) is 0. The number of benzene rings is 1. The van der Waals surface area contributed by atoms with Gasteiger partial charge in [0.1, 0.15) is 5.56 Å². The van der Waals surface area contributed by atoms with Crippen molar-refractivity contribution in [2.24, 2.45) is 0 Å². The van der Waals surface area contributed by atoms with Gasteiger partial charge in [0.25, 0.3) is 0 Å². The van der Waals surface area contributed by atoms with Crippen LogP contribution in [0.5, 0.6) is 5.75 Å². The average Bonchev–Trinajstić information content (AvgIpc) is 2.76. The molecule has 0 spiro atoms. The lowest BCUT2D eigenvalue weighted by Gasteiger charge is -2.16. The first-order chi connectivity index (χ1) is 8.09. The average molecular weight is 275 g/mol. The van der Waals surface area contributed by atoms with Crippen molar-refractivity contribution in [2.45, 2.75) is 31.8 Å². The van der Waals surface area contributed by atoms with Crippen LogP contribution in [0.25, 0.3) is 0 Å². The molecular formula is C12H12Cl2O3. The van der Waals surface area contributed by atoms with E-state index in [9.17, 15) is 4.79 Å². The minimum absolute atomic E-state index is 0.0454. The van der Waals surface area contributed by atoms with E-state index in [1.807, 2.05) is 0 Å². The zero-order valence-electron chi connectivity index (χ0n) is 9.08. The van der Waals surface area contributed by atoms with Gasteiger partial charge in [-0.05, 0) is 37.8 Å². The van der Waals surface area contributed by atoms with Crippen LogP contribution >= 0.6 is 23.2 Å². The van der Waals surface area contributed by atoms with Crippen molar-refractivity contribution in [1.82, 2.24) is 0 Å². The zero-order chi connectivity index (χ0) is 12.4. The normalized spacial score (nSPS) is 16.1. The highest BCUT2D eigenvalue weighted by molar-refractivity contribution is 6.36. The molecule has 17 heavy (non-hydrogen) atoms. The van der Waals surface area contributed by atoms with Gasteiger partial charge in [-0.3, -0.25) is 0 Å². The Bertz CT molecular complexity index is 440. The Labute approximate surface area is 109 Å². The molecule has 2 rings (SSSR count). The quantitative estimate of drug-likeness (QED) is 0.906. The third-order valence-electron chi connectivity index (χ3n) is 2.86. The van der Waals surface area contributed by atoms with Gasteiger partial charge in [0.05, 0.1) is 16.1 Å². The zero-order valence-corrected chi connectivity index (χ0v) is 10.6. The number of rotatable bonds is 3. The van der Waals surface area contributed by atoms with Crippen molar-refractivity contribution in [3.63, 3.8) is 0 Å². The molecule has 3 nitrogen and oxygen atoms in total. The minimum Gasteiger partial charge on any atom is -0.488 e. The molecule has 0 unspecified atom stereocenters. The second kappa shape index (κ2) is 5.15. The van der Waals surface area contributed by atoms with Gasteiger partial charge in [0.15, 0.2) is 5.75 Å². The van der Waals surface area contributed by atoms with E-state index in [-0.39, 0.29) is 22.4 Å². The highest BCUT2D eigenvalue weighted by atomic mass is 35.5. The molecule has 1 aliphatic carbocycles. The second-order valence-corrected chi connectivity index (χ2v) is 4.88. The van der Waals surface area contributed by atoms with Gasteiger partial charge in [0.2, 0.25) is 0 Å². The van der Waals surface area contributed by atoms with Crippen LogP contribution in [0.1, 0.15) is 36.0 Å². The van der Waals surface area contributed by atoms with Gasteiger partial charge in [-0.1, -0.05) is 23.2 Å². The van der Waals surface area contributed by atoms with Crippen LogP contribution in [0, 0.1) is 0 Å². The van der Waals surface area contributed by atoms with Crippen molar-refractivity contribution >= 4 is 29.2 Å². The van der Waals surface area contributed by atoms with E-state index in [1.165, 1.54) is 6.07 Å². The molecule has 0 heterocycles. The lowest BCUT2D eigenvalue weighted by atomic mass is 10.2. The molecule has 0 aromatic heterocycles. The fourth-order valence-corrected chi connectivity index (χ4v) is 2.45. The van der Waals surface area contributed by atoms with E-state index in [0.29, 0.717) is 5.02 Å². The number of aromatic carboxylic acids is 1. The number of carboxylic acids is 1. The molecule has 0 atom stereocenters. The van der Waals surface area contributed by atoms with Gasteiger partial charge < -0.3 is 9.84 Å². The smallest absolute Gasteiger partial charge is 0.341 e. The molecule has 5 heteroatoms. The minimum atomic E-state index is -1.12. The standard InChI is InChI=1S/C12H12Cl2O3/c13-8-5-6-9(14)11(10(8)12(15)16)17-7-3-1-2-4-7/h5-7H,1-4H2,(H,15,16). The van der Waals surface area contributed by atoms with Crippen LogP contribution in [-0.2, 0) is 0 Å². The molecule has 92 valence electrons. The van der Waals surface area contributed by atoms with Crippen LogP contribution in [0.3, 0.4) is 0 Å². The first-order valence-corrected chi connectivity index (χ1v) is 6.23. The van der Waals surface area contributed by atoms with Gasteiger partial charge >= 0.3 is 5.97 Å². The van der Waals surface area contributed by atoms with Gasteiger partial charge in [0, 0.05) is 0 Å². The van der Waals surface area contributed by atoms with Crippen LogP contribution in [0.2, 0.25) is 10.0 Å². The van der Waals surface area contributed by atoms with Gasteiger partial charge in [-0.25, -0.2) is 4.79 Å². The maximum absolute atomic E-state index is 11.1. The summed E-state index contributed by atoms with van der Waals surface area (Å²) in [5.74, 6) is -0.927. The molecule has 0 bridgehead atoms. The molecular weight excluding hydrogens is 263 g/mol. The Balaban J connectivity index is 2.36. The molecule has 1 aromatic carbocycles. The van der Waals surface area contributed by atoms with Crippen molar-refractivity contribution in [3.05, 3.63) is 27.7 Å².